The lowest BCUT2D eigenvalue weighted by Crippen LogP contribution is -2.46. The van der Waals surface area contributed by atoms with Gasteiger partial charge < -0.3 is 20.1 Å². The lowest BCUT2D eigenvalue weighted by Gasteiger charge is -2.32. The van der Waals surface area contributed by atoms with Crippen molar-refractivity contribution in [3.63, 3.8) is 0 Å². The Balaban J connectivity index is 2.17. The highest BCUT2D eigenvalue weighted by Crippen LogP contribution is 2.20. The lowest BCUT2D eigenvalue weighted by molar-refractivity contribution is -0.156. The Kier molecular flexibility index (Phi) is 6.36. The Hall–Kier alpha value is -2.42. The molecule has 1 atom stereocenters. The lowest BCUT2D eigenvalue weighted by atomic mass is 9.96. The van der Waals surface area contributed by atoms with E-state index in [9.17, 15) is 14.4 Å². The van der Waals surface area contributed by atoms with Gasteiger partial charge in [-0.3, -0.25) is 19.1 Å². The predicted molar refractivity (Wildman–Crippen MR) is 93.6 cm³/mol. The Morgan fingerprint density at radius 1 is 1.27 bits per heavy atom. The molecule has 1 amide bonds. The summed E-state index contributed by atoms with van der Waals surface area (Å²) in [5.41, 5.74) is 5.12. The van der Waals surface area contributed by atoms with Crippen LogP contribution < -0.4 is 15.9 Å². The Morgan fingerprint density at radius 2 is 1.96 bits per heavy atom. The van der Waals surface area contributed by atoms with Crippen molar-refractivity contribution in [2.75, 3.05) is 19.9 Å². The number of ether oxygens (including phenoxy) is 2. The molecular formula is C17H26N4O5. The number of carbonyl (C=O) groups is 2. The molecule has 1 unspecified atom stereocenters. The van der Waals surface area contributed by atoms with Gasteiger partial charge in [-0.15, -0.1) is 0 Å². The van der Waals surface area contributed by atoms with Crippen LogP contribution in [0.15, 0.2) is 11.0 Å². The maximum Gasteiger partial charge on any atom is 0.313 e. The second-order valence-electron chi connectivity index (χ2n) is 6.81. The van der Waals surface area contributed by atoms with Crippen molar-refractivity contribution in [2.45, 2.75) is 40.3 Å². The molecule has 144 valence electrons. The molecule has 0 saturated carbocycles. The number of nitrogens with two attached hydrogens (primary N) is 1. The smallest absolute Gasteiger partial charge is 0.313 e. The van der Waals surface area contributed by atoms with Crippen molar-refractivity contribution in [2.24, 2.45) is 17.6 Å². The minimum atomic E-state index is -0.537. The zero-order chi connectivity index (χ0) is 19.4. The van der Waals surface area contributed by atoms with Gasteiger partial charge in [0, 0.05) is 19.1 Å². The molecule has 0 fully saturated rings. The summed E-state index contributed by atoms with van der Waals surface area (Å²) in [6.45, 7) is 8.16. The molecule has 0 saturated heterocycles. The number of fused-ring (bicyclic) bond motifs is 1. The molecule has 2 N–H and O–H groups in total. The first-order chi connectivity index (χ1) is 12.3. The second-order valence-corrected chi connectivity index (χ2v) is 6.81. The molecule has 2 rings (SSSR count). The standard InChI is InChI=1S/C17H26N4O5/c1-10(2)12(7-18)17(24)26-9-25-15-13(22)8-19-21-6-5-20(11(3)4)16(23)14(15)21/h8,10-12H,5-7,9,18H2,1-4H3. The number of amides is 1. The van der Waals surface area contributed by atoms with Crippen molar-refractivity contribution < 1.29 is 19.1 Å². The van der Waals surface area contributed by atoms with Gasteiger partial charge in [-0.1, -0.05) is 13.8 Å². The van der Waals surface area contributed by atoms with Crippen molar-refractivity contribution in [1.29, 1.82) is 0 Å². The minimum absolute atomic E-state index is 0.0198. The highest BCUT2D eigenvalue weighted by Gasteiger charge is 2.31. The number of rotatable bonds is 7. The number of carbonyl (C=O) groups excluding carboxylic acids is 2. The van der Waals surface area contributed by atoms with Gasteiger partial charge in [0.25, 0.3) is 5.91 Å². The van der Waals surface area contributed by atoms with Crippen LogP contribution in [0.25, 0.3) is 0 Å². The third kappa shape index (κ3) is 4.04. The summed E-state index contributed by atoms with van der Waals surface area (Å²) in [6, 6.07) is -0.0198. The average Bonchev–Trinajstić information content (AvgIpc) is 2.57. The minimum Gasteiger partial charge on any atom is -0.451 e. The molecule has 26 heavy (non-hydrogen) atoms. The van der Waals surface area contributed by atoms with E-state index in [-0.39, 0.29) is 35.9 Å². The molecule has 0 radical (unpaired) electrons. The summed E-state index contributed by atoms with van der Waals surface area (Å²) in [5, 5.41) is 3.98. The van der Waals surface area contributed by atoms with Gasteiger partial charge in [0.05, 0.1) is 18.7 Å². The SMILES string of the molecule is CC(C)C(CN)C(=O)OCOc1c2n(ncc1=O)CCN(C(C)C)C2=O. The third-order valence-electron chi connectivity index (χ3n) is 4.42. The van der Waals surface area contributed by atoms with E-state index in [1.54, 1.807) is 4.90 Å². The second kappa shape index (κ2) is 8.31. The zero-order valence-corrected chi connectivity index (χ0v) is 15.6. The van der Waals surface area contributed by atoms with Gasteiger partial charge in [-0.2, -0.15) is 5.10 Å². The molecule has 0 aromatic carbocycles. The van der Waals surface area contributed by atoms with E-state index in [1.165, 1.54) is 4.68 Å². The first-order valence-electron chi connectivity index (χ1n) is 8.68. The molecule has 2 heterocycles. The fourth-order valence-electron chi connectivity index (χ4n) is 2.82. The molecule has 1 aliphatic heterocycles. The molecule has 1 aliphatic rings. The molecule has 0 aliphatic carbocycles. The van der Waals surface area contributed by atoms with Crippen molar-refractivity contribution in [3.05, 3.63) is 22.1 Å². The van der Waals surface area contributed by atoms with Crippen LogP contribution in [0.2, 0.25) is 0 Å². The van der Waals surface area contributed by atoms with Crippen LogP contribution in [0, 0.1) is 11.8 Å². The summed E-state index contributed by atoms with van der Waals surface area (Å²) in [6.07, 6.45) is 1.09. The number of aromatic nitrogens is 2. The quantitative estimate of drug-likeness (QED) is 0.542. The maximum atomic E-state index is 12.7. The summed E-state index contributed by atoms with van der Waals surface area (Å²) in [5.74, 6) is -1.42. The van der Waals surface area contributed by atoms with Crippen LogP contribution in [-0.2, 0) is 16.1 Å². The molecule has 9 nitrogen and oxygen atoms in total. The molecular weight excluding hydrogens is 340 g/mol. The molecule has 9 heteroatoms. The molecule has 1 aromatic heterocycles. The number of hydrogen-bond acceptors (Lipinski definition) is 7. The summed E-state index contributed by atoms with van der Waals surface area (Å²) in [4.78, 5) is 38.5. The number of esters is 1. The van der Waals surface area contributed by atoms with Crippen LogP contribution in [-0.4, -0.2) is 52.5 Å². The Bertz CT molecular complexity index is 728. The van der Waals surface area contributed by atoms with Gasteiger partial charge in [-0.05, 0) is 19.8 Å². The average molecular weight is 366 g/mol. The molecule has 1 aromatic rings. The van der Waals surface area contributed by atoms with E-state index in [0.29, 0.717) is 13.1 Å². The van der Waals surface area contributed by atoms with Crippen LogP contribution in [0.3, 0.4) is 0 Å². The van der Waals surface area contributed by atoms with Gasteiger partial charge in [0.1, 0.15) is 0 Å². The first kappa shape index (κ1) is 19.9. The topological polar surface area (TPSA) is 117 Å². The normalized spacial score (nSPS) is 15.2. The highest BCUT2D eigenvalue weighted by molar-refractivity contribution is 5.95. The van der Waals surface area contributed by atoms with Crippen molar-refractivity contribution in [3.8, 4) is 5.75 Å². The Morgan fingerprint density at radius 3 is 2.54 bits per heavy atom. The van der Waals surface area contributed by atoms with Crippen LogP contribution in [0.4, 0.5) is 0 Å². The van der Waals surface area contributed by atoms with E-state index in [4.69, 9.17) is 15.2 Å². The number of hydrogen-bond donors (Lipinski definition) is 1. The Labute approximate surface area is 152 Å². The fourth-order valence-corrected chi connectivity index (χ4v) is 2.82. The third-order valence-corrected chi connectivity index (χ3v) is 4.42. The van der Waals surface area contributed by atoms with E-state index in [0.717, 1.165) is 6.20 Å². The molecule has 0 bridgehead atoms. The van der Waals surface area contributed by atoms with Gasteiger partial charge in [0.15, 0.2) is 5.69 Å². The molecule has 0 spiro atoms. The predicted octanol–water partition coefficient (Wildman–Crippen LogP) is 0.218. The van der Waals surface area contributed by atoms with E-state index in [2.05, 4.69) is 5.10 Å². The number of nitrogens with zero attached hydrogens (tertiary/aromatic N) is 3. The van der Waals surface area contributed by atoms with Crippen LogP contribution >= 0.6 is 0 Å². The first-order valence-corrected chi connectivity index (χ1v) is 8.68. The van der Waals surface area contributed by atoms with E-state index in [1.807, 2.05) is 27.7 Å². The van der Waals surface area contributed by atoms with Gasteiger partial charge >= 0.3 is 5.97 Å². The van der Waals surface area contributed by atoms with Crippen LogP contribution in [0.1, 0.15) is 38.2 Å². The highest BCUT2D eigenvalue weighted by atomic mass is 16.7. The summed E-state index contributed by atoms with van der Waals surface area (Å²) < 4.78 is 11.9. The van der Waals surface area contributed by atoms with Gasteiger partial charge in [0.2, 0.25) is 18.0 Å². The van der Waals surface area contributed by atoms with Gasteiger partial charge in [-0.25, -0.2) is 0 Å². The monoisotopic (exact) mass is 366 g/mol. The van der Waals surface area contributed by atoms with E-state index >= 15 is 0 Å². The van der Waals surface area contributed by atoms with Crippen molar-refractivity contribution >= 4 is 11.9 Å². The van der Waals surface area contributed by atoms with Crippen LogP contribution in [0.5, 0.6) is 5.75 Å². The zero-order valence-electron chi connectivity index (χ0n) is 15.6. The maximum absolute atomic E-state index is 12.7. The van der Waals surface area contributed by atoms with Crippen molar-refractivity contribution in [1.82, 2.24) is 14.7 Å². The summed E-state index contributed by atoms with van der Waals surface area (Å²) >= 11 is 0. The fraction of sp³-hybridized carbons (Fsp3) is 0.647. The largest absolute Gasteiger partial charge is 0.451 e. The van der Waals surface area contributed by atoms with E-state index < -0.39 is 24.1 Å². The summed E-state index contributed by atoms with van der Waals surface area (Å²) in [7, 11) is 0.